The summed E-state index contributed by atoms with van der Waals surface area (Å²) in [4.78, 5) is 26.5. The van der Waals surface area contributed by atoms with Crippen LogP contribution in [0.4, 0.5) is 10.5 Å². The predicted octanol–water partition coefficient (Wildman–Crippen LogP) is 4.64. The first-order valence-electron chi connectivity index (χ1n) is 11.5. The van der Waals surface area contributed by atoms with Crippen molar-refractivity contribution in [1.82, 2.24) is 9.62 Å². The maximum absolute atomic E-state index is 13.6. The Labute approximate surface area is 202 Å². The van der Waals surface area contributed by atoms with Crippen LogP contribution in [0, 0.1) is 0 Å². The van der Waals surface area contributed by atoms with E-state index in [9.17, 15) is 13.8 Å². The van der Waals surface area contributed by atoms with Gasteiger partial charge in [0.1, 0.15) is 9.92 Å². The first kappa shape index (κ1) is 25.6. The molecule has 0 radical (unpaired) electrons. The fourth-order valence-electron chi connectivity index (χ4n) is 4.63. The molecule has 2 aliphatic rings. The number of amides is 3. The summed E-state index contributed by atoms with van der Waals surface area (Å²) in [7, 11) is 0.0683. The van der Waals surface area contributed by atoms with E-state index in [-0.39, 0.29) is 5.91 Å². The second-order valence-electron chi connectivity index (χ2n) is 8.51. The Balaban J connectivity index is 0.00000158. The van der Waals surface area contributed by atoms with E-state index in [0.717, 1.165) is 49.8 Å². The molecule has 0 saturated carbocycles. The second kappa shape index (κ2) is 11.0. The van der Waals surface area contributed by atoms with Crippen molar-refractivity contribution in [3.63, 3.8) is 0 Å². The highest BCUT2D eigenvalue weighted by Gasteiger charge is 2.25. The molecule has 8 heteroatoms. The molecule has 0 heterocycles. The Hall–Kier alpha value is -2.97. The SMILES string of the molecule is C=C.CNS(=O)(=NC(=O)Nc1c2c(cc3c1CCC3)CCC2)c1cccc(CN(C)C(C)=O)c1. The van der Waals surface area contributed by atoms with Gasteiger partial charge in [-0.2, -0.15) is 0 Å². The third-order valence-corrected chi connectivity index (χ3v) is 8.24. The number of urea groups is 1. The Morgan fingerprint density at radius 3 is 2.24 bits per heavy atom. The number of hydrogen-bond acceptors (Lipinski definition) is 3. The van der Waals surface area contributed by atoms with Gasteiger partial charge in [-0.3, -0.25) is 4.79 Å². The Morgan fingerprint density at radius 2 is 1.68 bits per heavy atom. The van der Waals surface area contributed by atoms with E-state index in [1.807, 2.05) is 6.07 Å². The third kappa shape index (κ3) is 5.39. The van der Waals surface area contributed by atoms with Crippen LogP contribution in [-0.4, -0.2) is 35.1 Å². The smallest absolute Gasteiger partial charge is 0.342 e. The van der Waals surface area contributed by atoms with Crippen molar-refractivity contribution >= 4 is 27.5 Å². The summed E-state index contributed by atoms with van der Waals surface area (Å²) < 4.78 is 20.4. The minimum atomic E-state index is -3.17. The van der Waals surface area contributed by atoms with E-state index in [0.29, 0.717) is 11.4 Å². The molecule has 2 aromatic carbocycles. The van der Waals surface area contributed by atoms with Gasteiger partial charge in [0.2, 0.25) is 5.91 Å². The van der Waals surface area contributed by atoms with Crippen molar-refractivity contribution in [3.05, 3.63) is 71.3 Å². The summed E-state index contributed by atoms with van der Waals surface area (Å²) in [6.07, 6.45) is 6.16. The zero-order chi connectivity index (χ0) is 24.9. The molecular formula is C26H34N4O3S. The molecule has 0 aliphatic heterocycles. The van der Waals surface area contributed by atoms with Gasteiger partial charge in [0.05, 0.1) is 4.90 Å². The average Bonchev–Trinajstić information content (AvgIpc) is 3.49. The standard InChI is InChI=1S/C24H30N4O3S.C2H4/c1-16(29)28(3)15-17-7-4-10-20(13-17)32(31,25-2)27-24(30)26-23-21-11-5-8-18(21)14-19-9-6-12-22(19)23;1-2/h4,7,10,13-14H,5-6,8-9,11-12,15H2,1-3H3,(H2,25,26,27,30,31);1-2H2. The number of fused-ring (bicyclic) bond motifs is 2. The molecule has 2 N–H and O–H groups in total. The van der Waals surface area contributed by atoms with Gasteiger partial charge in [0.25, 0.3) is 0 Å². The number of carbonyl (C=O) groups is 2. The number of nitrogens with zero attached hydrogens (tertiary/aromatic N) is 2. The van der Waals surface area contributed by atoms with Gasteiger partial charge in [-0.15, -0.1) is 17.5 Å². The summed E-state index contributed by atoms with van der Waals surface area (Å²) >= 11 is 0. The summed E-state index contributed by atoms with van der Waals surface area (Å²) in [6.45, 7) is 7.88. The van der Waals surface area contributed by atoms with Gasteiger partial charge in [0, 0.05) is 26.2 Å². The van der Waals surface area contributed by atoms with Crippen LogP contribution in [0.25, 0.3) is 0 Å². The van der Waals surface area contributed by atoms with Gasteiger partial charge in [-0.1, -0.05) is 18.2 Å². The molecule has 182 valence electrons. The molecule has 0 saturated heterocycles. The summed E-state index contributed by atoms with van der Waals surface area (Å²) in [5.74, 6) is -0.0586. The number of nitrogens with one attached hydrogen (secondary N) is 2. The zero-order valence-electron chi connectivity index (χ0n) is 20.3. The second-order valence-corrected chi connectivity index (χ2v) is 10.6. The van der Waals surface area contributed by atoms with Gasteiger partial charge < -0.3 is 10.2 Å². The quantitative estimate of drug-likeness (QED) is 0.609. The molecule has 34 heavy (non-hydrogen) atoms. The Morgan fingerprint density at radius 1 is 1.06 bits per heavy atom. The predicted molar refractivity (Wildman–Crippen MR) is 137 cm³/mol. The number of anilines is 1. The van der Waals surface area contributed by atoms with Crippen molar-refractivity contribution in [1.29, 1.82) is 0 Å². The van der Waals surface area contributed by atoms with E-state index < -0.39 is 15.9 Å². The number of benzene rings is 2. The van der Waals surface area contributed by atoms with Crippen molar-refractivity contribution in [3.8, 4) is 0 Å². The summed E-state index contributed by atoms with van der Waals surface area (Å²) in [6, 6.07) is 8.73. The van der Waals surface area contributed by atoms with E-state index in [1.165, 1.54) is 36.2 Å². The van der Waals surface area contributed by atoms with Crippen LogP contribution in [0.1, 0.15) is 47.6 Å². The highest BCUT2D eigenvalue weighted by Crippen LogP contribution is 2.38. The topological polar surface area (TPSA) is 90.9 Å². The van der Waals surface area contributed by atoms with Crippen LogP contribution < -0.4 is 10.0 Å². The maximum atomic E-state index is 13.6. The number of carbonyl (C=O) groups excluding carboxylic acids is 2. The first-order chi connectivity index (χ1) is 16.3. The highest BCUT2D eigenvalue weighted by atomic mass is 32.2. The lowest BCUT2D eigenvalue weighted by Crippen LogP contribution is -2.24. The molecule has 2 aromatic rings. The van der Waals surface area contributed by atoms with E-state index >= 15 is 0 Å². The van der Waals surface area contributed by atoms with Crippen LogP contribution in [-0.2, 0) is 46.9 Å². The molecular weight excluding hydrogens is 448 g/mol. The number of aryl methyl sites for hydroxylation is 2. The molecule has 0 aromatic heterocycles. The van der Waals surface area contributed by atoms with Crippen LogP contribution in [0.5, 0.6) is 0 Å². The van der Waals surface area contributed by atoms with Crippen LogP contribution >= 0.6 is 0 Å². The summed E-state index contributed by atoms with van der Waals surface area (Å²) in [5, 5.41) is 2.99. The molecule has 1 atom stereocenters. The van der Waals surface area contributed by atoms with Crippen LogP contribution in [0.2, 0.25) is 0 Å². The van der Waals surface area contributed by atoms with Crippen molar-refractivity contribution in [2.75, 3.05) is 19.4 Å². The van der Waals surface area contributed by atoms with Gasteiger partial charge in [-0.25, -0.2) is 13.7 Å². The lowest BCUT2D eigenvalue weighted by atomic mass is 9.99. The van der Waals surface area contributed by atoms with Gasteiger partial charge >= 0.3 is 6.03 Å². The monoisotopic (exact) mass is 482 g/mol. The minimum Gasteiger partial charge on any atom is -0.342 e. The molecule has 3 amide bonds. The highest BCUT2D eigenvalue weighted by molar-refractivity contribution is 7.92. The molecule has 7 nitrogen and oxygen atoms in total. The van der Waals surface area contributed by atoms with Crippen LogP contribution in [0.3, 0.4) is 0 Å². The molecule has 0 bridgehead atoms. The maximum Gasteiger partial charge on any atom is 0.354 e. The molecule has 0 fully saturated rings. The normalized spacial score (nSPS) is 15.3. The van der Waals surface area contributed by atoms with Crippen molar-refractivity contribution in [2.45, 2.75) is 56.9 Å². The third-order valence-electron chi connectivity index (χ3n) is 6.37. The number of rotatable bonds is 5. The Bertz CT molecular complexity index is 1180. The first-order valence-corrected chi connectivity index (χ1v) is 13.1. The molecule has 4 rings (SSSR count). The zero-order valence-corrected chi connectivity index (χ0v) is 21.1. The molecule has 1 unspecified atom stereocenters. The van der Waals surface area contributed by atoms with Gasteiger partial charge in [-0.05, 0) is 85.5 Å². The molecule has 2 aliphatic carbocycles. The largest absolute Gasteiger partial charge is 0.354 e. The Kier molecular flexibility index (Phi) is 8.28. The lowest BCUT2D eigenvalue weighted by Gasteiger charge is -2.17. The number of hydrogen-bond donors (Lipinski definition) is 2. The van der Waals surface area contributed by atoms with E-state index in [1.54, 1.807) is 30.1 Å². The fourth-order valence-corrected chi connectivity index (χ4v) is 5.92. The summed E-state index contributed by atoms with van der Waals surface area (Å²) in [5.41, 5.74) is 6.75. The van der Waals surface area contributed by atoms with Crippen molar-refractivity contribution in [2.24, 2.45) is 4.36 Å². The minimum absolute atomic E-state index is 0.0586. The van der Waals surface area contributed by atoms with Crippen molar-refractivity contribution < 1.29 is 13.8 Å². The fraction of sp³-hybridized carbons (Fsp3) is 0.385. The van der Waals surface area contributed by atoms with E-state index in [2.05, 4.69) is 33.6 Å². The van der Waals surface area contributed by atoms with Gasteiger partial charge in [0.15, 0.2) is 0 Å². The molecule has 0 spiro atoms. The average molecular weight is 483 g/mol. The van der Waals surface area contributed by atoms with Crippen LogP contribution in [0.15, 0.2) is 52.7 Å². The lowest BCUT2D eigenvalue weighted by molar-refractivity contribution is -0.128. The van der Waals surface area contributed by atoms with E-state index in [4.69, 9.17) is 0 Å².